The summed E-state index contributed by atoms with van der Waals surface area (Å²) in [5.41, 5.74) is 3.84. The molecular weight excluding hydrogens is 593 g/mol. The number of carboxylic acid groups (broad SMARTS) is 1. The quantitative estimate of drug-likeness (QED) is 0.241. The lowest BCUT2D eigenvalue weighted by Gasteiger charge is -2.30. The van der Waals surface area contributed by atoms with Crippen LogP contribution in [0.25, 0.3) is 33.6 Å². The van der Waals surface area contributed by atoms with Gasteiger partial charge in [-0.2, -0.15) is 0 Å². The van der Waals surface area contributed by atoms with Crippen LogP contribution >= 0.6 is 0 Å². The minimum absolute atomic E-state index is 0.0434. The van der Waals surface area contributed by atoms with E-state index in [-0.39, 0.29) is 29.8 Å². The number of nitrogens with zero attached hydrogens (tertiary/aromatic N) is 5. The lowest BCUT2D eigenvalue weighted by molar-refractivity contribution is -0.119. The third kappa shape index (κ3) is 5.41. The van der Waals surface area contributed by atoms with E-state index >= 15 is 0 Å². The SMILES string of the molecule is Cn1c(-c2cc3cccc(OCC4CC(=O)NC4(C)C)c3n2CC2CC2)nc2cc3c(nc21)CCN(CC(CF)NC(=O)O)C3=O. The number of pyridine rings is 1. The maximum Gasteiger partial charge on any atom is 0.405 e. The highest BCUT2D eigenvalue weighted by Gasteiger charge is 2.39. The molecule has 2 unspecified atom stereocenters. The van der Waals surface area contributed by atoms with Crippen molar-refractivity contribution in [2.75, 3.05) is 26.4 Å². The first kappa shape index (κ1) is 30.0. The topological polar surface area (TPSA) is 144 Å². The highest BCUT2D eigenvalue weighted by atomic mass is 19.1. The number of hydrogen-bond acceptors (Lipinski definition) is 6. The zero-order valence-corrected chi connectivity index (χ0v) is 26.2. The third-order valence-electron chi connectivity index (χ3n) is 9.62. The van der Waals surface area contributed by atoms with Gasteiger partial charge >= 0.3 is 6.09 Å². The molecular formula is C33H38FN7O5. The van der Waals surface area contributed by atoms with Crippen LogP contribution in [-0.2, 0) is 24.8 Å². The van der Waals surface area contributed by atoms with Gasteiger partial charge in [-0.05, 0) is 50.8 Å². The molecule has 242 valence electrons. The summed E-state index contributed by atoms with van der Waals surface area (Å²) in [6.45, 7) is 4.62. The van der Waals surface area contributed by atoms with Crippen molar-refractivity contribution >= 4 is 40.0 Å². The smallest absolute Gasteiger partial charge is 0.405 e. The van der Waals surface area contributed by atoms with Crippen molar-refractivity contribution < 1.29 is 28.6 Å². The van der Waals surface area contributed by atoms with E-state index in [1.165, 1.54) is 4.90 Å². The van der Waals surface area contributed by atoms with Crippen molar-refractivity contribution in [3.63, 3.8) is 0 Å². The summed E-state index contributed by atoms with van der Waals surface area (Å²) in [6, 6.07) is 8.88. The van der Waals surface area contributed by atoms with E-state index in [0.29, 0.717) is 60.2 Å². The van der Waals surface area contributed by atoms with Crippen LogP contribution in [0.1, 0.15) is 49.2 Å². The second-order valence-electron chi connectivity index (χ2n) is 13.4. The number of para-hydroxylation sites is 1. The summed E-state index contributed by atoms with van der Waals surface area (Å²) >= 11 is 0. The number of aryl methyl sites for hydroxylation is 1. The Bertz CT molecular complexity index is 1880. The number of ether oxygens (including phenoxy) is 1. The average molecular weight is 632 g/mol. The van der Waals surface area contributed by atoms with Crippen molar-refractivity contribution in [2.24, 2.45) is 18.9 Å². The number of fused-ring (bicyclic) bond motifs is 3. The Morgan fingerprint density at radius 2 is 2.04 bits per heavy atom. The fraction of sp³-hybridized carbons (Fsp3) is 0.485. The van der Waals surface area contributed by atoms with Gasteiger partial charge in [0.2, 0.25) is 5.91 Å². The molecule has 1 aromatic carbocycles. The Morgan fingerprint density at radius 3 is 2.74 bits per heavy atom. The van der Waals surface area contributed by atoms with Crippen LogP contribution in [0.3, 0.4) is 0 Å². The van der Waals surface area contributed by atoms with Crippen LogP contribution in [0.15, 0.2) is 30.3 Å². The van der Waals surface area contributed by atoms with Gasteiger partial charge in [-0.1, -0.05) is 12.1 Å². The number of carbonyl (C=O) groups excluding carboxylic acids is 2. The summed E-state index contributed by atoms with van der Waals surface area (Å²) in [7, 11) is 1.92. The van der Waals surface area contributed by atoms with E-state index in [2.05, 4.69) is 27.3 Å². The first-order chi connectivity index (χ1) is 22.0. The number of rotatable bonds is 10. The van der Waals surface area contributed by atoms with Crippen molar-refractivity contribution in [3.05, 3.63) is 41.6 Å². The van der Waals surface area contributed by atoms with Crippen LogP contribution < -0.4 is 15.4 Å². The number of alkyl halides is 1. The first-order valence-electron chi connectivity index (χ1n) is 15.8. The van der Waals surface area contributed by atoms with Crippen molar-refractivity contribution in [2.45, 2.75) is 57.7 Å². The molecule has 1 saturated carbocycles. The predicted octanol–water partition coefficient (Wildman–Crippen LogP) is 3.90. The number of nitrogens with one attached hydrogen (secondary N) is 2. The largest absolute Gasteiger partial charge is 0.491 e. The van der Waals surface area contributed by atoms with Gasteiger partial charge in [0.05, 0.1) is 35.1 Å². The van der Waals surface area contributed by atoms with Gasteiger partial charge in [-0.15, -0.1) is 0 Å². The average Bonchev–Trinajstić information content (AvgIpc) is 3.59. The molecule has 0 spiro atoms. The monoisotopic (exact) mass is 631 g/mol. The second kappa shape index (κ2) is 11.3. The number of halogens is 1. The molecule has 0 radical (unpaired) electrons. The molecule has 46 heavy (non-hydrogen) atoms. The minimum atomic E-state index is -1.33. The molecule has 1 aliphatic carbocycles. The number of imidazole rings is 1. The summed E-state index contributed by atoms with van der Waals surface area (Å²) in [6.07, 6.45) is 1.89. The Hall–Kier alpha value is -4.68. The molecule has 3 aliphatic rings. The molecule has 13 heteroatoms. The van der Waals surface area contributed by atoms with Gasteiger partial charge in [0.15, 0.2) is 11.5 Å². The zero-order chi connectivity index (χ0) is 32.3. The number of benzene rings is 1. The molecule has 3 N–H and O–H groups in total. The van der Waals surface area contributed by atoms with Gasteiger partial charge in [-0.25, -0.2) is 19.2 Å². The Kier molecular flexibility index (Phi) is 7.36. The number of aromatic nitrogens is 4. The molecule has 4 aromatic rings. The van der Waals surface area contributed by atoms with Gasteiger partial charge in [-0.3, -0.25) is 9.59 Å². The van der Waals surface area contributed by atoms with Crippen LogP contribution in [0, 0.1) is 11.8 Å². The molecule has 2 fully saturated rings. The van der Waals surface area contributed by atoms with Gasteiger partial charge in [0, 0.05) is 56.4 Å². The highest BCUT2D eigenvalue weighted by Crippen LogP contribution is 2.40. The van der Waals surface area contributed by atoms with E-state index in [1.807, 2.05) is 37.6 Å². The van der Waals surface area contributed by atoms with Crippen LogP contribution in [-0.4, -0.2) is 85.0 Å². The third-order valence-corrected chi connectivity index (χ3v) is 9.62. The van der Waals surface area contributed by atoms with E-state index in [0.717, 1.165) is 41.7 Å². The number of hydrogen-bond donors (Lipinski definition) is 3. The fourth-order valence-corrected chi connectivity index (χ4v) is 6.80. The molecule has 3 amide bonds. The zero-order valence-electron chi connectivity index (χ0n) is 26.2. The molecule has 5 heterocycles. The van der Waals surface area contributed by atoms with Crippen molar-refractivity contribution in [1.29, 1.82) is 0 Å². The Labute approximate surface area is 264 Å². The number of amides is 3. The maximum absolute atomic E-state index is 13.5. The molecule has 3 aromatic heterocycles. The standard InChI is InChI=1S/C33H38FN7O5/c1-33(2)20(12-27(42)38-33)17-46-26-6-4-5-19-11-25(41(28(19)26)15-18-7-8-18)30-37-24-13-22-23(36-29(24)39(30)3)9-10-40(31(22)43)16-21(14-34)35-32(44)45/h4-6,11,13,18,20-21,35H,7-10,12,14-17H2,1-3H3,(H,38,42)(H,44,45). The Morgan fingerprint density at radius 1 is 1.24 bits per heavy atom. The number of carbonyl (C=O) groups is 3. The van der Waals surface area contributed by atoms with E-state index < -0.39 is 18.8 Å². The molecule has 2 aliphatic heterocycles. The lowest BCUT2D eigenvalue weighted by atomic mass is 9.90. The molecule has 2 atom stereocenters. The predicted molar refractivity (Wildman–Crippen MR) is 169 cm³/mol. The summed E-state index contributed by atoms with van der Waals surface area (Å²) in [4.78, 5) is 47.9. The van der Waals surface area contributed by atoms with Crippen LogP contribution in [0.4, 0.5) is 9.18 Å². The summed E-state index contributed by atoms with van der Waals surface area (Å²) in [5, 5.41) is 15.2. The van der Waals surface area contributed by atoms with Gasteiger partial charge in [0.1, 0.15) is 17.9 Å². The second-order valence-corrected chi connectivity index (χ2v) is 13.4. The molecule has 1 saturated heterocycles. The van der Waals surface area contributed by atoms with E-state index in [1.54, 1.807) is 6.07 Å². The maximum atomic E-state index is 13.5. The highest BCUT2D eigenvalue weighted by molar-refractivity contribution is 5.99. The van der Waals surface area contributed by atoms with Crippen molar-refractivity contribution in [1.82, 2.24) is 34.6 Å². The van der Waals surface area contributed by atoms with Gasteiger partial charge in [0.25, 0.3) is 5.91 Å². The van der Waals surface area contributed by atoms with Crippen molar-refractivity contribution in [3.8, 4) is 17.3 Å². The van der Waals surface area contributed by atoms with Gasteiger partial charge < -0.3 is 34.5 Å². The summed E-state index contributed by atoms with van der Waals surface area (Å²) in [5.74, 6) is 1.81. The van der Waals surface area contributed by atoms with Crippen LogP contribution in [0.5, 0.6) is 5.75 Å². The molecule has 12 nitrogen and oxygen atoms in total. The van der Waals surface area contributed by atoms with E-state index in [4.69, 9.17) is 19.8 Å². The lowest BCUT2D eigenvalue weighted by Crippen LogP contribution is -2.48. The van der Waals surface area contributed by atoms with Crippen LogP contribution in [0.2, 0.25) is 0 Å². The van der Waals surface area contributed by atoms with E-state index in [9.17, 15) is 18.8 Å². The Balaban J connectivity index is 1.24. The normalized spacial score (nSPS) is 19.8. The first-order valence-corrected chi connectivity index (χ1v) is 15.8. The minimum Gasteiger partial charge on any atom is -0.491 e. The summed E-state index contributed by atoms with van der Waals surface area (Å²) < 4.78 is 24.2. The molecule has 0 bridgehead atoms. The fourth-order valence-electron chi connectivity index (χ4n) is 6.80. The molecule has 7 rings (SSSR count).